The maximum absolute atomic E-state index is 12.1. The van der Waals surface area contributed by atoms with Crippen LogP contribution in [-0.4, -0.2) is 17.9 Å². The molecule has 106 valence electrons. The quantitative estimate of drug-likeness (QED) is 0.851. The lowest BCUT2D eigenvalue weighted by Crippen LogP contribution is -2.26. The number of carbonyl (C=O) groups is 1. The molecule has 4 nitrogen and oxygen atoms in total. The molecule has 2 aromatic rings. The Hall–Kier alpha value is -2.23. The molecular formula is C16H20N2O2. The zero-order valence-corrected chi connectivity index (χ0v) is 11.9. The van der Waals surface area contributed by atoms with Crippen LogP contribution in [0.3, 0.4) is 0 Å². The molecule has 0 unspecified atom stereocenters. The van der Waals surface area contributed by atoms with Gasteiger partial charge in [-0.05, 0) is 37.1 Å². The molecule has 0 aliphatic rings. The lowest BCUT2D eigenvalue weighted by Gasteiger charge is -2.16. The van der Waals surface area contributed by atoms with Crippen LogP contribution in [-0.2, 0) is 17.8 Å². The largest absolute Gasteiger partial charge is 0.469 e. The zero-order valence-electron chi connectivity index (χ0n) is 11.9. The van der Waals surface area contributed by atoms with Gasteiger partial charge in [0.1, 0.15) is 5.76 Å². The summed E-state index contributed by atoms with van der Waals surface area (Å²) in [6.45, 7) is 2.49. The molecule has 4 heteroatoms. The lowest BCUT2D eigenvalue weighted by molar-refractivity contribution is -0.130. The highest BCUT2D eigenvalue weighted by Crippen LogP contribution is 2.13. The molecule has 20 heavy (non-hydrogen) atoms. The second kappa shape index (κ2) is 6.28. The van der Waals surface area contributed by atoms with E-state index in [4.69, 9.17) is 10.2 Å². The molecule has 0 atom stereocenters. The maximum Gasteiger partial charge on any atom is 0.222 e. The molecule has 1 aromatic heterocycles. The zero-order chi connectivity index (χ0) is 14.5. The molecule has 2 N–H and O–H groups in total. The number of rotatable bonds is 5. The van der Waals surface area contributed by atoms with Gasteiger partial charge in [-0.3, -0.25) is 4.79 Å². The molecule has 0 spiro atoms. The number of nitrogen functional groups attached to an aromatic ring is 1. The topological polar surface area (TPSA) is 59.5 Å². The van der Waals surface area contributed by atoms with Crippen molar-refractivity contribution in [2.45, 2.75) is 26.3 Å². The summed E-state index contributed by atoms with van der Waals surface area (Å²) in [5.41, 5.74) is 8.55. The number of benzene rings is 1. The van der Waals surface area contributed by atoms with Crippen LogP contribution in [0.5, 0.6) is 0 Å². The summed E-state index contributed by atoms with van der Waals surface area (Å²) in [5.74, 6) is 0.991. The van der Waals surface area contributed by atoms with Crippen LogP contribution in [0.25, 0.3) is 0 Å². The Morgan fingerprint density at radius 2 is 1.95 bits per heavy atom. The van der Waals surface area contributed by atoms with E-state index in [-0.39, 0.29) is 5.91 Å². The minimum absolute atomic E-state index is 0.127. The molecule has 0 radical (unpaired) electrons. The van der Waals surface area contributed by atoms with Crippen molar-refractivity contribution >= 4 is 11.6 Å². The van der Waals surface area contributed by atoms with Crippen LogP contribution in [0.15, 0.2) is 41.0 Å². The predicted molar refractivity (Wildman–Crippen MR) is 79.1 cm³/mol. The summed E-state index contributed by atoms with van der Waals surface area (Å²) in [4.78, 5) is 13.8. The van der Waals surface area contributed by atoms with E-state index in [1.54, 1.807) is 11.2 Å². The second-order valence-corrected chi connectivity index (χ2v) is 4.99. The van der Waals surface area contributed by atoms with Crippen molar-refractivity contribution in [1.29, 1.82) is 0 Å². The van der Waals surface area contributed by atoms with Crippen LogP contribution in [0.1, 0.15) is 23.3 Å². The van der Waals surface area contributed by atoms with Gasteiger partial charge in [-0.15, -0.1) is 0 Å². The first-order valence-electron chi connectivity index (χ1n) is 6.67. The van der Waals surface area contributed by atoms with E-state index in [1.807, 2.05) is 44.3 Å². The van der Waals surface area contributed by atoms with Crippen LogP contribution in [0.2, 0.25) is 0 Å². The number of nitrogens with zero attached hydrogens (tertiary/aromatic N) is 1. The summed E-state index contributed by atoms with van der Waals surface area (Å²) in [5, 5.41) is 0. The molecule has 0 saturated heterocycles. The fourth-order valence-corrected chi connectivity index (χ4v) is 2.05. The fourth-order valence-electron chi connectivity index (χ4n) is 2.05. The Morgan fingerprint density at radius 3 is 2.55 bits per heavy atom. The van der Waals surface area contributed by atoms with E-state index in [0.29, 0.717) is 13.0 Å². The van der Waals surface area contributed by atoms with Crippen molar-refractivity contribution in [1.82, 2.24) is 4.90 Å². The second-order valence-electron chi connectivity index (χ2n) is 4.99. The normalized spacial score (nSPS) is 10.5. The number of anilines is 1. The first-order valence-corrected chi connectivity index (χ1v) is 6.67. The molecule has 0 saturated carbocycles. The Kier molecular flexibility index (Phi) is 4.45. The Morgan fingerprint density at radius 1 is 1.25 bits per heavy atom. The van der Waals surface area contributed by atoms with Gasteiger partial charge in [0.25, 0.3) is 0 Å². The van der Waals surface area contributed by atoms with Gasteiger partial charge in [0, 0.05) is 31.3 Å². The monoisotopic (exact) mass is 272 g/mol. The fraction of sp³-hybridized carbons (Fsp3) is 0.312. The first-order chi connectivity index (χ1) is 9.56. The number of hydrogen-bond acceptors (Lipinski definition) is 3. The van der Waals surface area contributed by atoms with E-state index >= 15 is 0 Å². The summed E-state index contributed by atoms with van der Waals surface area (Å²) in [6, 6.07) is 9.54. The van der Waals surface area contributed by atoms with Crippen molar-refractivity contribution in [3.63, 3.8) is 0 Å². The molecule has 0 bridgehead atoms. The average molecular weight is 272 g/mol. The number of hydrogen-bond donors (Lipinski definition) is 1. The van der Waals surface area contributed by atoms with Crippen LogP contribution in [0, 0.1) is 6.92 Å². The minimum atomic E-state index is 0.127. The molecule has 1 heterocycles. The number of nitrogens with two attached hydrogens (primary N) is 1. The van der Waals surface area contributed by atoms with Crippen molar-refractivity contribution < 1.29 is 9.21 Å². The Balaban J connectivity index is 1.85. The van der Waals surface area contributed by atoms with E-state index in [0.717, 1.165) is 29.0 Å². The molecule has 1 aromatic carbocycles. The number of amides is 1. The van der Waals surface area contributed by atoms with Gasteiger partial charge in [0.05, 0.1) is 6.26 Å². The SMILES string of the molecule is Cc1occc1CN(C)C(=O)CCc1ccc(N)cc1. The molecular weight excluding hydrogens is 252 g/mol. The molecule has 0 fully saturated rings. The third-order valence-corrected chi connectivity index (χ3v) is 3.41. The van der Waals surface area contributed by atoms with Gasteiger partial charge >= 0.3 is 0 Å². The summed E-state index contributed by atoms with van der Waals surface area (Å²) >= 11 is 0. The van der Waals surface area contributed by atoms with E-state index in [1.165, 1.54) is 0 Å². The Labute approximate surface area is 119 Å². The summed E-state index contributed by atoms with van der Waals surface area (Å²) in [7, 11) is 1.82. The van der Waals surface area contributed by atoms with Crippen LogP contribution >= 0.6 is 0 Å². The summed E-state index contributed by atoms with van der Waals surface area (Å²) < 4.78 is 5.24. The van der Waals surface area contributed by atoms with Gasteiger partial charge < -0.3 is 15.1 Å². The van der Waals surface area contributed by atoms with Gasteiger partial charge in [-0.25, -0.2) is 0 Å². The van der Waals surface area contributed by atoms with Crippen molar-refractivity contribution in [3.05, 3.63) is 53.5 Å². The van der Waals surface area contributed by atoms with Crippen molar-refractivity contribution in [2.24, 2.45) is 0 Å². The smallest absolute Gasteiger partial charge is 0.222 e. The highest BCUT2D eigenvalue weighted by atomic mass is 16.3. The van der Waals surface area contributed by atoms with E-state index < -0.39 is 0 Å². The third kappa shape index (κ3) is 3.63. The first kappa shape index (κ1) is 14.2. The standard InChI is InChI=1S/C16H20N2O2/c1-12-14(9-10-20-12)11-18(2)16(19)8-5-13-3-6-15(17)7-4-13/h3-4,6-7,9-10H,5,8,11,17H2,1-2H3. The van der Waals surface area contributed by atoms with E-state index in [2.05, 4.69) is 0 Å². The number of carbonyl (C=O) groups excluding carboxylic acids is 1. The van der Waals surface area contributed by atoms with Crippen LogP contribution in [0.4, 0.5) is 5.69 Å². The predicted octanol–water partition coefficient (Wildman–Crippen LogP) is 2.76. The van der Waals surface area contributed by atoms with Gasteiger partial charge in [0.2, 0.25) is 5.91 Å². The molecule has 0 aliphatic carbocycles. The van der Waals surface area contributed by atoms with Gasteiger partial charge in [0.15, 0.2) is 0 Å². The van der Waals surface area contributed by atoms with E-state index in [9.17, 15) is 4.79 Å². The van der Waals surface area contributed by atoms with Crippen molar-refractivity contribution in [2.75, 3.05) is 12.8 Å². The van der Waals surface area contributed by atoms with Gasteiger partial charge in [-0.2, -0.15) is 0 Å². The summed E-state index contributed by atoms with van der Waals surface area (Å²) in [6.07, 6.45) is 2.88. The van der Waals surface area contributed by atoms with Crippen LogP contribution < -0.4 is 5.73 Å². The minimum Gasteiger partial charge on any atom is -0.469 e. The average Bonchev–Trinajstić information content (AvgIpc) is 2.83. The highest BCUT2D eigenvalue weighted by Gasteiger charge is 2.11. The number of aryl methyl sites for hydroxylation is 2. The van der Waals surface area contributed by atoms with Crippen molar-refractivity contribution in [3.8, 4) is 0 Å². The van der Waals surface area contributed by atoms with Gasteiger partial charge in [-0.1, -0.05) is 12.1 Å². The highest BCUT2D eigenvalue weighted by molar-refractivity contribution is 5.76. The number of furan rings is 1. The molecule has 2 rings (SSSR count). The molecule has 1 amide bonds. The lowest BCUT2D eigenvalue weighted by atomic mass is 10.1. The Bertz CT molecular complexity index is 572. The third-order valence-electron chi connectivity index (χ3n) is 3.41. The maximum atomic E-state index is 12.1. The molecule has 0 aliphatic heterocycles.